The summed E-state index contributed by atoms with van der Waals surface area (Å²) in [6.45, 7) is 2.08. The SMILES string of the molecule is Cc1c(-c2cccc(-c3ccccc3)c2)oc2ccc(Cl)cc12. The molecule has 3 aromatic carbocycles. The van der Waals surface area contributed by atoms with Crippen LogP contribution < -0.4 is 0 Å². The van der Waals surface area contributed by atoms with E-state index >= 15 is 0 Å². The zero-order valence-electron chi connectivity index (χ0n) is 12.7. The molecule has 4 aromatic rings. The molecule has 0 amide bonds. The number of aryl methyl sites for hydroxylation is 1. The van der Waals surface area contributed by atoms with Crippen molar-refractivity contribution < 1.29 is 4.42 Å². The van der Waals surface area contributed by atoms with Crippen molar-refractivity contribution in [2.24, 2.45) is 0 Å². The van der Waals surface area contributed by atoms with E-state index in [0.29, 0.717) is 0 Å². The van der Waals surface area contributed by atoms with E-state index in [1.165, 1.54) is 11.1 Å². The molecule has 0 N–H and O–H groups in total. The van der Waals surface area contributed by atoms with Crippen LogP contribution in [0.3, 0.4) is 0 Å². The fourth-order valence-electron chi connectivity index (χ4n) is 2.94. The molecule has 4 rings (SSSR count). The van der Waals surface area contributed by atoms with Gasteiger partial charge in [0.15, 0.2) is 0 Å². The summed E-state index contributed by atoms with van der Waals surface area (Å²) in [5.41, 5.74) is 5.45. The summed E-state index contributed by atoms with van der Waals surface area (Å²) in [4.78, 5) is 0. The molecule has 0 aliphatic heterocycles. The molecule has 0 unspecified atom stereocenters. The topological polar surface area (TPSA) is 13.1 Å². The summed E-state index contributed by atoms with van der Waals surface area (Å²) in [5.74, 6) is 0.903. The third-order valence-electron chi connectivity index (χ3n) is 4.13. The lowest BCUT2D eigenvalue weighted by Crippen LogP contribution is -1.81. The average molecular weight is 319 g/mol. The van der Waals surface area contributed by atoms with Crippen molar-refractivity contribution in [2.45, 2.75) is 6.92 Å². The van der Waals surface area contributed by atoms with E-state index in [9.17, 15) is 0 Å². The number of furan rings is 1. The van der Waals surface area contributed by atoms with E-state index in [2.05, 4.69) is 55.5 Å². The molecule has 0 aliphatic rings. The largest absolute Gasteiger partial charge is 0.456 e. The van der Waals surface area contributed by atoms with Crippen LogP contribution in [-0.4, -0.2) is 0 Å². The van der Waals surface area contributed by atoms with E-state index in [0.717, 1.165) is 32.9 Å². The fraction of sp³-hybridized carbons (Fsp3) is 0.0476. The highest BCUT2D eigenvalue weighted by Crippen LogP contribution is 2.35. The molecular formula is C21H15ClO. The van der Waals surface area contributed by atoms with Gasteiger partial charge >= 0.3 is 0 Å². The van der Waals surface area contributed by atoms with Crippen molar-refractivity contribution in [3.05, 3.63) is 83.4 Å². The van der Waals surface area contributed by atoms with Crippen molar-refractivity contribution >= 4 is 22.6 Å². The lowest BCUT2D eigenvalue weighted by atomic mass is 10.0. The highest BCUT2D eigenvalue weighted by molar-refractivity contribution is 6.31. The first kappa shape index (κ1) is 14.1. The first-order valence-electron chi connectivity index (χ1n) is 7.57. The van der Waals surface area contributed by atoms with Crippen LogP contribution in [0, 0.1) is 6.92 Å². The predicted octanol–water partition coefficient (Wildman–Crippen LogP) is 6.73. The minimum absolute atomic E-state index is 0.728. The molecule has 0 bridgehead atoms. The molecule has 0 atom stereocenters. The summed E-state index contributed by atoms with van der Waals surface area (Å²) in [6.07, 6.45) is 0. The van der Waals surface area contributed by atoms with Crippen molar-refractivity contribution in [1.82, 2.24) is 0 Å². The van der Waals surface area contributed by atoms with Gasteiger partial charge in [-0.1, -0.05) is 60.1 Å². The standard InChI is InChI=1S/C21H15ClO/c1-14-19-13-18(22)10-11-20(19)23-21(14)17-9-5-8-16(12-17)15-6-3-2-4-7-15/h2-13H,1H3. The number of fused-ring (bicyclic) bond motifs is 1. The Morgan fingerprint density at radius 3 is 2.30 bits per heavy atom. The predicted molar refractivity (Wildman–Crippen MR) is 96.8 cm³/mol. The lowest BCUT2D eigenvalue weighted by Gasteiger charge is -2.04. The van der Waals surface area contributed by atoms with Gasteiger partial charge in [0, 0.05) is 21.5 Å². The van der Waals surface area contributed by atoms with Crippen LogP contribution in [0.5, 0.6) is 0 Å². The smallest absolute Gasteiger partial charge is 0.138 e. The van der Waals surface area contributed by atoms with Gasteiger partial charge in [-0.05, 0) is 42.3 Å². The number of hydrogen-bond acceptors (Lipinski definition) is 1. The summed E-state index contributed by atoms with van der Waals surface area (Å²) in [7, 11) is 0. The number of halogens is 1. The molecule has 0 aliphatic carbocycles. The van der Waals surface area contributed by atoms with Gasteiger partial charge in [-0.15, -0.1) is 0 Å². The highest BCUT2D eigenvalue weighted by atomic mass is 35.5. The third kappa shape index (κ3) is 2.54. The maximum atomic E-state index is 6.11. The molecule has 0 fully saturated rings. The Morgan fingerprint density at radius 2 is 1.48 bits per heavy atom. The molecule has 0 saturated heterocycles. The van der Waals surface area contributed by atoms with Crippen LogP contribution in [0.25, 0.3) is 33.4 Å². The van der Waals surface area contributed by atoms with E-state index in [4.69, 9.17) is 16.0 Å². The van der Waals surface area contributed by atoms with E-state index < -0.39 is 0 Å². The third-order valence-corrected chi connectivity index (χ3v) is 4.37. The van der Waals surface area contributed by atoms with Crippen LogP contribution in [0.15, 0.2) is 77.2 Å². The van der Waals surface area contributed by atoms with Gasteiger partial charge in [0.1, 0.15) is 11.3 Å². The number of hydrogen-bond donors (Lipinski definition) is 0. The monoisotopic (exact) mass is 318 g/mol. The fourth-order valence-corrected chi connectivity index (χ4v) is 3.11. The van der Waals surface area contributed by atoms with Gasteiger partial charge in [-0.25, -0.2) is 0 Å². The molecule has 1 aromatic heterocycles. The Balaban J connectivity index is 1.87. The summed E-state index contributed by atoms with van der Waals surface area (Å²) in [6, 6.07) is 24.5. The van der Waals surface area contributed by atoms with Crippen molar-refractivity contribution in [2.75, 3.05) is 0 Å². The van der Waals surface area contributed by atoms with E-state index in [-0.39, 0.29) is 0 Å². The van der Waals surface area contributed by atoms with E-state index in [1.807, 2.05) is 24.3 Å². The molecule has 0 spiro atoms. The minimum Gasteiger partial charge on any atom is -0.456 e. The molecule has 0 saturated carbocycles. The maximum absolute atomic E-state index is 6.11. The first-order chi connectivity index (χ1) is 11.2. The molecule has 23 heavy (non-hydrogen) atoms. The Bertz CT molecular complexity index is 983. The first-order valence-corrected chi connectivity index (χ1v) is 7.95. The summed E-state index contributed by atoms with van der Waals surface area (Å²) >= 11 is 6.11. The molecule has 112 valence electrons. The normalized spacial score (nSPS) is 11.0. The molecule has 0 radical (unpaired) electrons. The van der Waals surface area contributed by atoms with E-state index in [1.54, 1.807) is 0 Å². The summed E-state index contributed by atoms with van der Waals surface area (Å²) in [5, 5.41) is 1.80. The van der Waals surface area contributed by atoms with Gasteiger partial charge in [-0.2, -0.15) is 0 Å². The number of benzene rings is 3. The number of rotatable bonds is 2. The van der Waals surface area contributed by atoms with Crippen LogP contribution in [0.1, 0.15) is 5.56 Å². The second kappa shape index (κ2) is 5.60. The molecule has 1 heterocycles. The summed E-state index contributed by atoms with van der Waals surface area (Å²) < 4.78 is 6.07. The average Bonchev–Trinajstić information content (AvgIpc) is 2.92. The zero-order chi connectivity index (χ0) is 15.8. The van der Waals surface area contributed by atoms with Crippen LogP contribution >= 0.6 is 11.6 Å². The Hall–Kier alpha value is -2.51. The van der Waals surface area contributed by atoms with Gasteiger partial charge in [-0.3, -0.25) is 0 Å². The van der Waals surface area contributed by atoms with Crippen LogP contribution in [0.2, 0.25) is 5.02 Å². The van der Waals surface area contributed by atoms with Gasteiger partial charge < -0.3 is 4.42 Å². The Morgan fingerprint density at radius 1 is 0.739 bits per heavy atom. The quantitative estimate of drug-likeness (QED) is 0.399. The van der Waals surface area contributed by atoms with Gasteiger partial charge in [0.05, 0.1) is 0 Å². The highest BCUT2D eigenvalue weighted by Gasteiger charge is 2.13. The van der Waals surface area contributed by atoms with Gasteiger partial charge in [0.25, 0.3) is 0 Å². The van der Waals surface area contributed by atoms with Gasteiger partial charge in [0.2, 0.25) is 0 Å². The van der Waals surface area contributed by atoms with Crippen molar-refractivity contribution in [3.63, 3.8) is 0 Å². The molecule has 2 heteroatoms. The Labute approximate surface area is 140 Å². The second-order valence-electron chi connectivity index (χ2n) is 5.64. The van der Waals surface area contributed by atoms with Crippen LogP contribution in [-0.2, 0) is 0 Å². The molecular weight excluding hydrogens is 304 g/mol. The zero-order valence-corrected chi connectivity index (χ0v) is 13.5. The Kier molecular flexibility index (Phi) is 3.44. The van der Waals surface area contributed by atoms with Crippen LogP contribution in [0.4, 0.5) is 0 Å². The lowest BCUT2D eigenvalue weighted by molar-refractivity contribution is 0.629. The maximum Gasteiger partial charge on any atom is 0.138 e. The second-order valence-corrected chi connectivity index (χ2v) is 6.08. The van der Waals surface area contributed by atoms with Crippen molar-refractivity contribution in [3.8, 4) is 22.5 Å². The minimum atomic E-state index is 0.728. The van der Waals surface area contributed by atoms with Crippen molar-refractivity contribution in [1.29, 1.82) is 0 Å². The molecule has 1 nitrogen and oxygen atoms in total.